The second-order valence-corrected chi connectivity index (χ2v) is 16.9. The van der Waals surface area contributed by atoms with E-state index in [-0.39, 0.29) is 31.1 Å². The number of esters is 3. The van der Waals surface area contributed by atoms with Gasteiger partial charge in [0.05, 0.1) is 0 Å². The van der Waals surface area contributed by atoms with Crippen LogP contribution in [0.3, 0.4) is 0 Å². The third-order valence-electron chi connectivity index (χ3n) is 10.8. The first-order chi connectivity index (χ1) is 26.4. The van der Waals surface area contributed by atoms with Crippen molar-refractivity contribution in [3.8, 4) is 0 Å². The van der Waals surface area contributed by atoms with E-state index in [9.17, 15) is 14.4 Å². The van der Waals surface area contributed by atoms with Gasteiger partial charge in [0.2, 0.25) is 0 Å². The third-order valence-corrected chi connectivity index (χ3v) is 10.8. The van der Waals surface area contributed by atoms with Crippen molar-refractivity contribution >= 4 is 17.9 Å². The first kappa shape index (κ1) is 52.4. The summed E-state index contributed by atoms with van der Waals surface area (Å²) in [5.41, 5.74) is 0. The number of ether oxygens (including phenoxy) is 3. The highest BCUT2D eigenvalue weighted by atomic mass is 16.6. The quantitative estimate of drug-likeness (QED) is 0.0349. The number of hydrogen-bond donors (Lipinski definition) is 0. The fraction of sp³-hybridized carbons (Fsp3) is 0.938. The summed E-state index contributed by atoms with van der Waals surface area (Å²) in [6, 6.07) is 0. The van der Waals surface area contributed by atoms with E-state index >= 15 is 0 Å². The lowest BCUT2D eigenvalue weighted by atomic mass is 10.0. The summed E-state index contributed by atoms with van der Waals surface area (Å²) < 4.78 is 16.7. The van der Waals surface area contributed by atoms with Crippen LogP contribution in [0.5, 0.6) is 0 Å². The van der Waals surface area contributed by atoms with Gasteiger partial charge in [-0.25, -0.2) is 0 Å². The zero-order chi connectivity index (χ0) is 39.6. The second kappa shape index (κ2) is 42.6. The van der Waals surface area contributed by atoms with Crippen LogP contribution in [-0.4, -0.2) is 37.2 Å². The highest BCUT2D eigenvalue weighted by molar-refractivity contribution is 5.71. The minimum Gasteiger partial charge on any atom is -0.462 e. The van der Waals surface area contributed by atoms with Crippen LogP contribution in [0.25, 0.3) is 0 Å². The predicted octanol–water partition coefficient (Wildman–Crippen LogP) is 15.1. The Balaban J connectivity index is 4.26. The Morgan fingerprint density at radius 1 is 0.352 bits per heavy atom. The van der Waals surface area contributed by atoms with Gasteiger partial charge in [0.15, 0.2) is 6.10 Å². The second-order valence-electron chi connectivity index (χ2n) is 16.9. The van der Waals surface area contributed by atoms with Crippen molar-refractivity contribution in [2.45, 2.75) is 271 Å². The fourth-order valence-electron chi connectivity index (χ4n) is 7.16. The van der Waals surface area contributed by atoms with Crippen LogP contribution in [0.4, 0.5) is 0 Å². The minimum absolute atomic E-state index is 0.0639. The zero-order valence-corrected chi connectivity index (χ0v) is 36.7. The first-order valence-corrected chi connectivity index (χ1v) is 23.9. The third kappa shape index (κ3) is 41.6. The molecule has 0 amide bonds. The maximum Gasteiger partial charge on any atom is 0.306 e. The molecule has 0 spiro atoms. The molecule has 0 heterocycles. The summed E-state index contributed by atoms with van der Waals surface area (Å²) in [6.07, 6.45) is 42.4. The largest absolute Gasteiger partial charge is 0.462 e. The number of unbranched alkanes of at least 4 members (excludes halogenated alkanes) is 30. The Kier molecular flexibility index (Phi) is 41.3. The summed E-state index contributed by atoms with van der Waals surface area (Å²) in [5.74, 6) is -0.0732. The van der Waals surface area contributed by atoms with Gasteiger partial charge >= 0.3 is 17.9 Å². The topological polar surface area (TPSA) is 78.9 Å². The maximum absolute atomic E-state index is 12.7. The SMILES string of the molecule is CCCCCCCCCCCCCCCCCCC(=O)OC[C@H](COC(=O)CCCCCCCCCC(C)C)OC(=O)CCCCCCCCCCCC. The minimum atomic E-state index is -0.759. The molecule has 6 nitrogen and oxygen atoms in total. The average Bonchev–Trinajstić information content (AvgIpc) is 3.15. The molecule has 0 aliphatic heterocycles. The Morgan fingerprint density at radius 2 is 0.611 bits per heavy atom. The van der Waals surface area contributed by atoms with Crippen molar-refractivity contribution in [2.75, 3.05) is 13.2 Å². The molecular weight excluding hydrogens is 673 g/mol. The monoisotopic (exact) mass is 765 g/mol. The summed E-state index contributed by atoms with van der Waals surface area (Å²) in [4.78, 5) is 37.7. The predicted molar refractivity (Wildman–Crippen MR) is 229 cm³/mol. The van der Waals surface area contributed by atoms with E-state index in [1.165, 1.54) is 161 Å². The van der Waals surface area contributed by atoms with Crippen molar-refractivity contribution in [1.29, 1.82) is 0 Å². The van der Waals surface area contributed by atoms with Gasteiger partial charge in [-0.2, -0.15) is 0 Å². The number of hydrogen-bond acceptors (Lipinski definition) is 6. The molecule has 0 radical (unpaired) electrons. The van der Waals surface area contributed by atoms with Gasteiger partial charge in [-0.3, -0.25) is 14.4 Å². The normalized spacial score (nSPS) is 11.9. The molecule has 0 aromatic rings. The van der Waals surface area contributed by atoms with Crippen LogP contribution in [-0.2, 0) is 28.6 Å². The number of carbonyl (C=O) groups excluding carboxylic acids is 3. The molecule has 6 heteroatoms. The van der Waals surface area contributed by atoms with Crippen molar-refractivity contribution in [3.63, 3.8) is 0 Å². The van der Waals surface area contributed by atoms with Crippen LogP contribution in [0, 0.1) is 5.92 Å². The van der Waals surface area contributed by atoms with E-state index in [4.69, 9.17) is 14.2 Å². The lowest BCUT2D eigenvalue weighted by Crippen LogP contribution is -2.30. The van der Waals surface area contributed by atoms with Gasteiger partial charge in [0.1, 0.15) is 13.2 Å². The van der Waals surface area contributed by atoms with Crippen LogP contribution in [0.2, 0.25) is 0 Å². The Hall–Kier alpha value is -1.59. The average molecular weight is 765 g/mol. The molecule has 0 aliphatic rings. The summed E-state index contributed by atoms with van der Waals surface area (Å²) in [7, 11) is 0. The highest BCUT2D eigenvalue weighted by Crippen LogP contribution is 2.16. The molecule has 320 valence electrons. The van der Waals surface area contributed by atoms with Crippen molar-refractivity contribution < 1.29 is 28.6 Å². The number of rotatable bonds is 43. The van der Waals surface area contributed by atoms with Gasteiger partial charge in [-0.15, -0.1) is 0 Å². The Morgan fingerprint density at radius 3 is 0.907 bits per heavy atom. The lowest BCUT2D eigenvalue weighted by molar-refractivity contribution is -0.167. The molecule has 0 fully saturated rings. The van der Waals surface area contributed by atoms with Gasteiger partial charge in [0, 0.05) is 19.3 Å². The maximum atomic E-state index is 12.7. The van der Waals surface area contributed by atoms with Crippen LogP contribution in [0.15, 0.2) is 0 Å². The van der Waals surface area contributed by atoms with E-state index < -0.39 is 6.10 Å². The zero-order valence-electron chi connectivity index (χ0n) is 36.7. The van der Waals surface area contributed by atoms with E-state index in [0.717, 1.165) is 63.7 Å². The van der Waals surface area contributed by atoms with Crippen molar-refractivity contribution in [2.24, 2.45) is 5.92 Å². The first-order valence-electron chi connectivity index (χ1n) is 23.9. The van der Waals surface area contributed by atoms with Gasteiger partial charge in [0.25, 0.3) is 0 Å². The molecule has 0 aliphatic carbocycles. The van der Waals surface area contributed by atoms with E-state index in [1.807, 2.05) is 0 Å². The molecule has 0 aromatic heterocycles. The molecule has 54 heavy (non-hydrogen) atoms. The molecule has 0 aromatic carbocycles. The molecule has 0 saturated heterocycles. The van der Waals surface area contributed by atoms with Gasteiger partial charge < -0.3 is 14.2 Å². The van der Waals surface area contributed by atoms with Gasteiger partial charge in [-0.05, 0) is 25.2 Å². The molecule has 1 atom stereocenters. The molecule has 0 unspecified atom stereocenters. The summed E-state index contributed by atoms with van der Waals surface area (Å²) >= 11 is 0. The van der Waals surface area contributed by atoms with Crippen LogP contribution < -0.4 is 0 Å². The molecule has 0 N–H and O–H groups in total. The Bertz CT molecular complexity index is 811. The summed E-state index contributed by atoms with van der Waals surface area (Å²) in [5, 5.41) is 0. The lowest BCUT2D eigenvalue weighted by Gasteiger charge is -2.18. The Labute approximate surface area is 336 Å². The molecular formula is C48H92O6. The molecule has 0 saturated carbocycles. The highest BCUT2D eigenvalue weighted by Gasteiger charge is 2.19. The van der Waals surface area contributed by atoms with E-state index in [2.05, 4.69) is 27.7 Å². The van der Waals surface area contributed by atoms with Crippen molar-refractivity contribution in [1.82, 2.24) is 0 Å². The standard InChI is InChI=1S/C48H92O6/c1-5-7-9-11-13-15-17-18-19-20-21-22-24-27-31-35-39-46(49)52-42-45(54-48(51)41-37-33-28-23-16-14-12-10-8-6-2)43-53-47(50)40-36-32-29-25-26-30-34-38-44(3)4/h44-45H,5-43H2,1-4H3/t45-/m1/s1. The fourth-order valence-corrected chi connectivity index (χ4v) is 7.16. The van der Waals surface area contributed by atoms with Crippen molar-refractivity contribution in [3.05, 3.63) is 0 Å². The van der Waals surface area contributed by atoms with Crippen LogP contribution in [0.1, 0.15) is 265 Å². The van der Waals surface area contributed by atoms with Crippen LogP contribution >= 0.6 is 0 Å². The molecule has 0 bridgehead atoms. The summed E-state index contributed by atoms with van der Waals surface area (Å²) in [6.45, 7) is 8.95. The molecule has 0 rings (SSSR count). The smallest absolute Gasteiger partial charge is 0.306 e. The van der Waals surface area contributed by atoms with Gasteiger partial charge in [-0.1, -0.05) is 227 Å². The van der Waals surface area contributed by atoms with E-state index in [1.54, 1.807) is 0 Å². The number of carbonyl (C=O) groups is 3. The van der Waals surface area contributed by atoms with E-state index in [0.29, 0.717) is 19.3 Å².